The van der Waals surface area contributed by atoms with Crippen LogP contribution in [0, 0.1) is 19.3 Å². The Hall–Kier alpha value is -4.32. The number of amidine groups is 1. The van der Waals surface area contributed by atoms with Gasteiger partial charge in [-0.25, -0.2) is 23.2 Å². The van der Waals surface area contributed by atoms with Crippen LogP contribution in [0.5, 0.6) is 0 Å². The lowest BCUT2D eigenvalue weighted by molar-refractivity contribution is 0.0954. The normalized spacial score (nSPS) is 11.7. The Balaban J connectivity index is 1.65. The highest BCUT2D eigenvalue weighted by Crippen LogP contribution is 2.31. The molecule has 0 spiro atoms. The van der Waals surface area contributed by atoms with E-state index in [9.17, 15) is 13.2 Å². The van der Waals surface area contributed by atoms with Crippen LogP contribution in [0.4, 0.5) is 0 Å². The number of nitrogens with zero attached hydrogens (tertiary/aromatic N) is 4. The van der Waals surface area contributed by atoms with Crippen LogP contribution in [0.3, 0.4) is 0 Å². The highest BCUT2D eigenvalue weighted by molar-refractivity contribution is 7.89. The van der Waals surface area contributed by atoms with Crippen molar-refractivity contribution in [1.29, 1.82) is 5.41 Å². The fraction of sp³-hybridized carbons (Fsp3) is 0.0769. The first-order valence-corrected chi connectivity index (χ1v) is 13.3. The van der Waals surface area contributed by atoms with Crippen LogP contribution in [0.15, 0.2) is 71.6 Å². The first-order chi connectivity index (χ1) is 18.0. The highest BCUT2D eigenvalue weighted by Gasteiger charge is 2.26. The SMILES string of the molecule is Cc1nn(-c2cccc(C(=N)N)c2)c(C(=O)n2c(C)nc3cc(-c4ccccc4S(N)(=O)=O)ccc32)c1Cl. The molecule has 192 valence electrons. The number of carbonyl (C=O) groups excluding carboxylic acids is 1. The molecule has 0 radical (unpaired) electrons. The van der Waals surface area contributed by atoms with E-state index in [4.69, 9.17) is 27.9 Å². The van der Waals surface area contributed by atoms with Crippen LogP contribution in [0.2, 0.25) is 5.02 Å². The van der Waals surface area contributed by atoms with Crippen LogP contribution in [0.1, 0.15) is 27.6 Å². The van der Waals surface area contributed by atoms with Crippen LogP contribution in [-0.2, 0) is 10.0 Å². The molecule has 5 rings (SSSR count). The van der Waals surface area contributed by atoms with E-state index in [0.717, 1.165) is 0 Å². The predicted octanol–water partition coefficient (Wildman–Crippen LogP) is 3.78. The number of hydrogen-bond donors (Lipinski definition) is 3. The molecule has 0 unspecified atom stereocenters. The van der Waals surface area contributed by atoms with Gasteiger partial charge >= 0.3 is 0 Å². The molecule has 5 aromatic rings. The smallest absolute Gasteiger partial charge is 0.284 e. The van der Waals surface area contributed by atoms with Crippen LogP contribution in [0.25, 0.3) is 27.8 Å². The third-order valence-corrected chi connectivity index (χ3v) is 7.54. The van der Waals surface area contributed by atoms with Crippen molar-refractivity contribution in [3.8, 4) is 16.8 Å². The maximum Gasteiger partial charge on any atom is 0.284 e. The zero-order chi connectivity index (χ0) is 27.4. The molecule has 0 atom stereocenters. The van der Waals surface area contributed by atoms with Crippen LogP contribution in [-0.4, -0.2) is 39.5 Å². The average Bonchev–Trinajstić information content (AvgIpc) is 3.37. The van der Waals surface area contributed by atoms with E-state index in [2.05, 4.69) is 10.1 Å². The summed E-state index contributed by atoms with van der Waals surface area (Å²) in [7, 11) is -3.95. The number of hydrogen-bond acceptors (Lipinski definition) is 6. The van der Waals surface area contributed by atoms with Crippen molar-refractivity contribution < 1.29 is 13.2 Å². The summed E-state index contributed by atoms with van der Waals surface area (Å²) in [5.41, 5.74) is 9.20. The third kappa shape index (κ3) is 4.26. The fourth-order valence-corrected chi connectivity index (χ4v) is 5.33. The zero-order valence-electron chi connectivity index (χ0n) is 20.3. The van der Waals surface area contributed by atoms with Gasteiger partial charge in [-0.15, -0.1) is 0 Å². The van der Waals surface area contributed by atoms with Gasteiger partial charge in [-0.2, -0.15) is 5.10 Å². The van der Waals surface area contributed by atoms with E-state index >= 15 is 0 Å². The van der Waals surface area contributed by atoms with Crippen LogP contribution < -0.4 is 10.9 Å². The summed E-state index contributed by atoms with van der Waals surface area (Å²) in [6, 6.07) is 18.3. The van der Waals surface area contributed by atoms with Crippen molar-refractivity contribution in [3.05, 3.63) is 94.5 Å². The number of sulfonamides is 1. The average molecular weight is 548 g/mol. The number of halogens is 1. The standard InChI is InChI=1S/C26H22ClN7O3S/c1-14-23(27)24(34(32-14)18-7-5-6-17(12-18)25(28)29)26(35)33-15(2)31-20-13-16(10-11-21(20)33)19-8-3-4-9-22(19)38(30,36)37/h3-13H,1-2H3,(H3,28,29)(H2,30,36,37). The van der Waals surface area contributed by atoms with E-state index in [1.54, 1.807) is 74.5 Å². The lowest BCUT2D eigenvalue weighted by Gasteiger charge is -2.11. The summed E-state index contributed by atoms with van der Waals surface area (Å²) in [6.07, 6.45) is 0. The molecule has 10 nitrogen and oxygen atoms in total. The maximum atomic E-state index is 13.9. The number of nitrogen functional groups attached to an aromatic ring is 1. The van der Waals surface area contributed by atoms with Gasteiger partial charge in [0.1, 0.15) is 11.7 Å². The summed E-state index contributed by atoms with van der Waals surface area (Å²) >= 11 is 6.57. The molecule has 12 heteroatoms. The Labute approximate surface area is 223 Å². The number of fused-ring (bicyclic) bond motifs is 1. The summed E-state index contributed by atoms with van der Waals surface area (Å²) in [5, 5.41) is 17.8. The van der Waals surface area contributed by atoms with E-state index < -0.39 is 15.9 Å². The molecular weight excluding hydrogens is 526 g/mol. The van der Waals surface area contributed by atoms with E-state index in [1.165, 1.54) is 15.3 Å². The summed E-state index contributed by atoms with van der Waals surface area (Å²) in [6.45, 7) is 3.38. The minimum atomic E-state index is -3.95. The minimum Gasteiger partial charge on any atom is -0.384 e. The van der Waals surface area contributed by atoms with Crippen LogP contribution >= 0.6 is 11.6 Å². The molecule has 0 aliphatic rings. The molecule has 3 aromatic carbocycles. The number of primary sulfonamides is 1. The Morgan fingerprint density at radius 2 is 1.76 bits per heavy atom. The Kier molecular flexibility index (Phi) is 6.14. The van der Waals surface area contributed by atoms with E-state index in [1.807, 2.05) is 0 Å². The predicted molar refractivity (Wildman–Crippen MR) is 145 cm³/mol. The molecule has 0 bridgehead atoms. The van der Waals surface area contributed by atoms with Crippen molar-refractivity contribution in [3.63, 3.8) is 0 Å². The number of nitrogens with one attached hydrogen (secondary N) is 1. The first kappa shape index (κ1) is 25.3. The van der Waals surface area contributed by atoms with Crippen molar-refractivity contribution in [1.82, 2.24) is 19.3 Å². The fourth-order valence-electron chi connectivity index (χ4n) is 4.37. The largest absolute Gasteiger partial charge is 0.384 e. The Morgan fingerprint density at radius 1 is 1.03 bits per heavy atom. The van der Waals surface area contributed by atoms with Crippen molar-refractivity contribution >= 4 is 44.4 Å². The molecule has 5 N–H and O–H groups in total. The van der Waals surface area contributed by atoms with Crippen molar-refractivity contribution in [2.45, 2.75) is 18.7 Å². The molecule has 0 aliphatic carbocycles. The van der Waals surface area contributed by atoms with Gasteiger partial charge in [0.2, 0.25) is 10.0 Å². The number of rotatable bonds is 5. The zero-order valence-corrected chi connectivity index (χ0v) is 21.9. The van der Waals surface area contributed by atoms with Gasteiger partial charge < -0.3 is 5.73 Å². The quantitative estimate of drug-likeness (QED) is 0.224. The lowest BCUT2D eigenvalue weighted by atomic mass is 10.1. The summed E-state index contributed by atoms with van der Waals surface area (Å²) in [5.74, 6) is -0.173. The molecule has 2 heterocycles. The van der Waals surface area contributed by atoms with Crippen molar-refractivity contribution in [2.24, 2.45) is 10.9 Å². The lowest BCUT2D eigenvalue weighted by Crippen LogP contribution is -2.19. The number of aromatic nitrogens is 4. The second-order valence-electron chi connectivity index (χ2n) is 8.67. The Bertz CT molecular complexity index is 1890. The number of nitrogens with two attached hydrogens (primary N) is 2. The van der Waals surface area contributed by atoms with Gasteiger partial charge in [-0.1, -0.05) is 48.0 Å². The maximum absolute atomic E-state index is 13.9. The molecule has 0 fully saturated rings. The van der Waals surface area contributed by atoms with Gasteiger partial charge in [0.25, 0.3) is 5.91 Å². The monoisotopic (exact) mass is 547 g/mol. The summed E-state index contributed by atoms with van der Waals surface area (Å²) < 4.78 is 27.1. The second kappa shape index (κ2) is 9.21. The molecule has 2 aromatic heterocycles. The van der Waals surface area contributed by atoms with Crippen molar-refractivity contribution in [2.75, 3.05) is 0 Å². The Morgan fingerprint density at radius 3 is 2.47 bits per heavy atom. The topological polar surface area (TPSA) is 163 Å². The first-order valence-electron chi connectivity index (χ1n) is 11.3. The second-order valence-corrected chi connectivity index (χ2v) is 10.6. The molecule has 38 heavy (non-hydrogen) atoms. The molecule has 0 saturated carbocycles. The van der Waals surface area contributed by atoms with Gasteiger partial charge in [-0.3, -0.25) is 14.8 Å². The molecule has 0 aliphatic heterocycles. The minimum absolute atomic E-state index is 0.00877. The van der Waals surface area contributed by atoms with E-state index in [0.29, 0.717) is 44.9 Å². The number of carbonyl (C=O) groups is 1. The van der Waals surface area contributed by atoms with Gasteiger partial charge in [-0.05, 0) is 49.7 Å². The molecular formula is C26H22ClN7O3S. The third-order valence-electron chi connectivity index (χ3n) is 6.12. The number of aryl methyl sites for hydroxylation is 2. The van der Waals surface area contributed by atoms with Gasteiger partial charge in [0.15, 0.2) is 5.69 Å². The van der Waals surface area contributed by atoms with E-state index in [-0.39, 0.29) is 21.4 Å². The summed E-state index contributed by atoms with van der Waals surface area (Å²) in [4.78, 5) is 18.5. The molecule has 0 amide bonds. The highest BCUT2D eigenvalue weighted by atomic mass is 35.5. The number of benzene rings is 3. The van der Waals surface area contributed by atoms with Gasteiger partial charge in [0, 0.05) is 11.1 Å². The number of imidazole rings is 1. The van der Waals surface area contributed by atoms with Gasteiger partial charge in [0.05, 0.1) is 32.3 Å². The molecule has 0 saturated heterocycles.